The Balaban J connectivity index is 1.75. The molecule has 0 aromatic heterocycles. The molecule has 1 N–H and O–H groups in total. The fourth-order valence-electron chi connectivity index (χ4n) is 5.07. The van der Waals surface area contributed by atoms with Gasteiger partial charge in [0.15, 0.2) is 0 Å². The Morgan fingerprint density at radius 1 is 0.932 bits per heavy atom. The van der Waals surface area contributed by atoms with Crippen molar-refractivity contribution in [1.29, 1.82) is 0 Å². The first-order valence-electron chi connectivity index (χ1n) is 14.1. The first-order chi connectivity index (χ1) is 20.8. The van der Waals surface area contributed by atoms with Crippen molar-refractivity contribution >= 4 is 50.7 Å². The molecule has 0 spiro atoms. The first-order valence-corrected chi connectivity index (χ1v) is 16.3. The van der Waals surface area contributed by atoms with Crippen molar-refractivity contribution in [1.82, 2.24) is 10.2 Å². The van der Waals surface area contributed by atoms with E-state index < -0.39 is 51.9 Å². The van der Waals surface area contributed by atoms with Crippen molar-refractivity contribution in [2.24, 2.45) is 0 Å². The van der Waals surface area contributed by atoms with Gasteiger partial charge in [0.2, 0.25) is 11.8 Å². The lowest BCUT2D eigenvalue weighted by Crippen LogP contribution is -2.53. The number of amides is 2. The fourth-order valence-corrected chi connectivity index (χ4v) is 6.99. The second-order valence-corrected chi connectivity index (χ2v) is 13.3. The molecule has 1 atom stereocenters. The lowest BCUT2D eigenvalue weighted by Gasteiger charge is -2.33. The van der Waals surface area contributed by atoms with Crippen LogP contribution in [0.4, 0.5) is 18.9 Å². The second kappa shape index (κ2) is 14.2. The van der Waals surface area contributed by atoms with Crippen molar-refractivity contribution in [3.05, 3.63) is 94.0 Å². The van der Waals surface area contributed by atoms with Gasteiger partial charge in [-0.1, -0.05) is 78.9 Å². The molecule has 2 amide bonds. The number of carbonyl (C=O) groups is 2. The van der Waals surface area contributed by atoms with Crippen LogP contribution in [-0.4, -0.2) is 43.8 Å². The van der Waals surface area contributed by atoms with Crippen molar-refractivity contribution in [3.63, 3.8) is 0 Å². The average molecular weight is 671 g/mol. The van der Waals surface area contributed by atoms with Crippen LogP contribution in [0, 0.1) is 0 Å². The standard InChI is InChI=1S/C31H32Cl2F3N3O4S/c1-21(30(41)37-24-11-4-2-5-12-24)38(19-22-10-8-9-15-26(22)32)29(40)20-39(44(42,43)25-13-6-3-7-14-25)28-18-23(31(34,35)36)16-17-27(28)33/h3,6-10,13-18,21,24H,2,4-5,11-12,19-20H2,1H3,(H,37,41)/t21-/m0/s1. The Morgan fingerprint density at radius 3 is 2.20 bits per heavy atom. The molecular formula is C31H32Cl2F3N3O4S. The highest BCUT2D eigenvalue weighted by molar-refractivity contribution is 7.92. The van der Waals surface area contributed by atoms with Crippen LogP contribution < -0.4 is 9.62 Å². The summed E-state index contributed by atoms with van der Waals surface area (Å²) in [6.45, 7) is 0.414. The van der Waals surface area contributed by atoms with Crippen LogP contribution >= 0.6 is 23.2 Å². The van der Waals surface area contributed by atoms with Crippen LogP contribution in [-0.2, 0) is 32.3 Å². The molecule has 236 valence electrons. The molecule has 1 aliphatic rings. The third-order valence-corrected chi connectivity index (χ3v) is 10.0. The summed E-state index contributed by atoms with van der Waals surface area (Å²) >= 11 is 12.7. The van der Waals surface area contributed by atoms with E-state index in [0.29, 0.717) is 21.0 Å². The predicted molar refractivity (Wildman–Crippen MR) is 164 cm³/mol. The lowest BCUT2D eigenvalue weighted by molar-refractivity contribution is -0.139. The minimum absolute atomic E-state index is 0.0603. The molecule has 0 aliphatic heterocycles. The Hall–Kier alpha value is -3.28. The molecule has 7 nitrogen and oxygen atoms in total. The van der Waals surface area contributed by atoms with E-state index in [1.807, 2.05) is 0 Å². The van der Waals surface area contributed by atoms with Crippen LogP contribution in [0.25, 0.3) is 0 Å². The van der Waals surface area contributed by atoms with Crippen LogP contribution in [0.3, 0.4) is 0 Å². The van der Waals surface area contributed by atoms with Gasteiger partial charge in [0.1, 0.15) is 12.6 Å². The third kappa shape index (κ3) is 8.05. The first kappa shape index (κ1) is 33.6. The number of halogens is 5. The third-order valence-electron chi connectivity index (χ3n) is 7.57. The summed E-state index contributed by atoms with van der Waals surface area (Å²) < 4.78 is 69.4. The molecule has 3 aromatic rings. The minimum atomic E-state index is -4.81. The summed E-state index contributed by atoms with van der Waals surface area (Å²) in [5.41, 5.74) is -1.18. The molecule has 1 aliphatic carbocycles. The Bertz CT molecular complexity index is 1580. The highest BCUT2D eigenvalue weighted by atomic mass is 35.5. The second-order valence-electron chi connectivity index (χ2n) is 10.6. The van der Waals surface area contributed by atoms with Gasteiger partial charge in [-0.25, -0.2) is 8.42 Å². The summed E-state index contributed by atoms with van der Waals surface area (Å²) in [5, 5.41) is 2.99. The molecule has 0 radical (unpaired) electrons. The van der Waals surface area contributed by atoms with Crippen LogP contribution in [0.5, 0.6) is 0 Å². The molecule has 0 heterocycles. The largest absolute Gasteiger partial charge is 0.416 e. The molecular weight excluding hydrogens is 638 g/mol. The molecule has 13 heteroatoms. The highest BCUT2D eigenvalue weighted by Gasteiger charge is 2.36. The van der Waals surface area contributed by atoms with Gasteiger partial charge in [0, 0.05) is 17.6 Å². The number of sulfonamides is 1. The van der Waals surface area contributed by atoms with Gasteiger partial charge in [-0.05, 0) is 61.7 Å². The average Bonchev–Trinajstić information content (AvgIpc) is 2.99. The van der Waals surface area contributed by atoms with Crippen LogP contribution in [0.1, 0.15) is 50.2 Å². The Morgan fingerprint density at radius 2 is 1.57 bits per heavy atom. The van der Waals surface area contributed by atoms with Gasteiger partial charge in [-0.2, -0.15) is 13.2 Å². The van der Waals surface area contributed by atoms with Crippen molar-refractivity contribution < 1.29 is 31.2 Å². The normalized spacial score (nSPS) is 15.0. The van der Waals surface area contributed by atoms with E-state index >= 15 is 0 Å². The predicted octanol–water partition coefficient (Wildman–Crippen LogP) is 7.07. The number of rotatable bonds is 10. The number of carbonyl (C=O) groups excluding carboxylic acids is 2. The van der Waals surface area contributed by atoms with Gasteiger partial charge in [0.05, 0.1) is 21.2 Å². The Kier molecular flexibility index (Phi) is 10.9. The number of anilines is 1. The molecule has 0 bridgehead atoms. The minimum Gasteiger partial charge on any atom is -0.352 e. The maximum Gasteiger partial charge on any atom is 0.416 e. The van der Waals surface area contributed by atoms with E-state index in [1.54, 1.807) is 30.3 Å². The number of hydrogen-bond donors (Lipinski definition) is 1. The summed E-state index contributed by atoms with van der Waals surface area (Å²) in [5.74, 6) is -1.28. The SMILES string of the molecule is C[C@@H](C(=O)NC1CCCCC1)N(Cc1ccccc1Cl)C(=O)CN(c1cc(C(F)(F)F)ccc1Cl)S(=O)(=O)c1ccccc1. The smallest absolute Gasteiger partial charge is 0.352 e. The van der Waals surface area contributed by atoms with Gasteiger partial charge in [-0.15, -0.1) is 0 Å². The zero-order valence-electron chi connectivity index (χ0n) is 23.9. The fraction of sp³-hybridized carbons (Fsp3) is 0.355. The quantitative estimate of drug-likeness (QED) is 0.250. The van der Waals surface area contributed by atoms with Crippen molar-refractivity contribution in [2.75, 3.05) is 10.8 Å². The number of benzene rings is 3. The number of nitrogens with one attached hydrogen (secondary N) is 1. The van der Waals surface area contributed by atoms with Crippen LogP contribution in [0.15, 0.2) is 77.7 Å². The molecule has 4 rings (SSSR count). The number of alkyl halides is 3. The van der Waals surface area contributed by atoms with Crippen LogP contribution in [0.2, 0.25) is 10.0 Å². The van der Waals surface area contributed by atoms with E-state index in [1.165, 1.54) is 36.1 Å². The van der Waals surface area contributed by atoms with Crippen molar-refractivity contribution in [2.45, 2.75) is 68.7 Å². The summed E-state index contributed by atoms with van der Waals surface area (Å²) in [6, 6.07) is 14.8. The topological polar surface area (TPSA) is 86.8 Å². The highest BCUT2D eigenvalue weighted by Crippen LogP contribution is 2.37. The molecule has 1 saturated carbocycles. The summed E-state index contributed by atoms with van der Waals surface area (Å²) in [4.78, 5) is 28.4. The zero-order valence-corrected chi connectivity index (χ0v) is 26.2. The summed E-state index contributed by atoms with van der Waals surface area (Å²) in [7, 11) is -4.61. The number of hydrogen-bond acceptors (Lipinski definition) is 4. The molecule has 1 fully saturated rings. The monoisotopic (exact) mass is 669 g/mol. The van der Waals surface area contributed by atoms with E-state index in [9.17, 15) is 31.2 Å². The van der Waals surface area contributed by atoms with Crippen molar-refractivity contribution in [3.8, 4) is 0 Å². The lowest BCUT2D eigenvalue weighted by atomic mass is 9.95. The maximum atomic E-state index is 14.1. The maximum absolute atomic E-state index is 14.1. The van der Waals surface area contributed by atoms with Gasteiger partial charge in [-0.3, -0.25) is 13.9 Å². The molecule has 3 aromatic carbocycles. The van der Waals surface area contributed by atoms with E-state index in [0.717, 1.165) is 44.2 Å². The van der Waals surface area contributed by atoms with E-state index in [4.69, 9.17) is 23.2 Å². The number of nitrogens with zero attached hydrogens (tertiary/aromatic N) is 2. The van der Waals surface area contributed by atoms with Gasteiger partial charge >= 0.3 is 6.18 Å². The van der Waals surface area contributed by atoms with Gasteiger partial charge < -0.3 is 10.2 Å². The zero-order chi connectivity index (χ0) is 32.1. The van der Waals surface area contributed by atoms with Gasteiger partial charge in [0.25, 0.3) is 10.0 Å². The summed E-state index contributed by atoms with van der Waals surface area (Å²) in [6.07, 6.45) is -0.213. The Labute approximate surface area is 265 Å². The molecule has 44 heavy (non-hydrogen) atoms. The molecule has 0 saturated heterocycles. The van der Waals surface area contributed by atoms with E-state index in [2.05, 4.69) is 5.32 Å². The van der Waals surface area contributed by atoms with E-state index in [-0.39, 0.29) is 22.5 Å². The molecule has 0 unspecified atom stereocenters.